The Morgan fingerprint density at radius 2 is 2.06 bits per heavy atom. The first-order valence-corrected chi connectivity index (χ1v) is 6.45. The quantitative estimate of drug-likeness (QED) is 0.900. The lowest BCUT2D eigenvalue weighted by Crippen LogP contribution is -2.28. The van der Waals surface area contributed by atoms with Gasteiger partial charge in [-0.15, -0.1) is 0 Å². The Balaban J connectivity index is 1.86. The molecular formula is C14H17N3O. The summed E-state index contributed by atoms with van der Waals surface area (Å²) in [5.74, 6) is 1.84. The monoisotopic (exact) mass is 243 g/mol. The molecule has 0 radical (unpaired) electrons. The van der Waals surface area contributed by atoms with Crippen molar-refractivity contribution in [3.8, 4) is 11.5 Å². The molecule has 3 rings (SSSR count). The first-order valence-electron chi connectivity index (χ1n) is 6.45. The summed E-state index contributed by atoms with van der Waals surface area (Å²) in [6.07, 6.45) is 3.56. The summed E-state index contributed by atoms with van der Waals surface area (Å²) < 4.78 is 5.37. The van der Waals surface area contributed by atoms with Gasteiger partial charge in [-0.3, -0.25) is 0 Å². The van der Waals surface area contributed by atoms with Crippen molar-refractivity contribution in [1.82, 2.24) is 15.5 Å². The predicted octanol–water partition coefficient (Wildman–Crippen LogP) is 2.59. The SMILES string of the molecule is CN[C@H]1CCC[C@H]1c1noc(-c2ccccc2)n1. The third-order valence-electron chi connectivity index (χ3n) is 3.68. The summed E-state index contributed by atoms with van der Waals surface area (Å²) in [4.78, 5) is 4.54. The van der Waals surface area contributed by atoms with E-state index in [-0.39, 0.29) is 0 Å². The van der Waals surface area contributed by atoms with E-state index in [0.717, 1.165) is 17.8 Å². The third kappa shape index (κ3) is 2.04. The van der Waals surface area contributed by atoms with Crippen LogP contribution in [-0.4, -0.2) is 23.2 Å². The van der Waals surface area contributed by atoms with Crippen molar-refractivity contribution in [3.05, 3.63) is 36.2 Å². The summed E-state index contributed by atoms with van der Waals surface area (Å²) in [7, 11) is 2.00. The van der Waals surface area contributed by atoms with Crippen molar-refractivity contribution in [3.63, 3.8) is 0 Å². The van der Waals surface area contributed by atoms with Crippen LogP contribution in [0.1, 0.15) is 31.0 Å². The number of benzene rings is 1. The van der Waals surface area contributed by atoms with Crippen LogP contribution in [0.4, 0.5) is 0 Å². The molecule has 1 aromatic carbocycles. The summed E-state index contributed by atoms with van der Waals surface area (Å²) >= 11 is 0. The van der Waals surface area contributed by atoms with E-state index < -0.39 is 0 Å². The normalized spacial score (nSPS) is 23.4. The second kappa shape index (κ2) is 4.90. The van der Waals surface area contributed by atoms with Crippen molar-refractivity contribution >= 4 is 0 Å². The first-order chi connectivity index (χ1) is 8.88. The van der Waals surface area contributed by atoms with E-state index in [4.69, 9.17) is 4.52 Å². The zero-order valence-corrected chi connectivity index (χ0v) is 10.5. The van der Waals surface area contributed by atoms with Crippen molar-refractivity contribution < 1.29 is 4.52 Å². The van der Waals surface area contributed by atoms with Crippen molar-refractivity contribution in [1.29, 1.82) is 0 Å². The molecule has 0 spiro atoms. The van der Waals surface area contributed by atoms with E-state index in [1.807, 2.05) is 37.4 Å². The third-order valence-corrected chi connectivity index (χ3v) is 3.68. The number of aromatic nitrogens is 2. The van der Waals surface area contributed by atoms with E-state index in [0.29, 0.717) is 17.9 Å². The minimum atomic E-state index is 0.385. The van der Waals surface area contributed by atoms with Gasteiger partial charge >= 0.3 is 0 Å². The molecular weight excluding hydrogens is 226 g/mol. The molecule has 1 aliphatic carbocycles. The van der Waals surface area contributed by atoms with E-state index in [1.54, 1.807) is 0 Å². The number of hydrogen-bond acceptors (Lipinski definition) is 4. The molecule has 1 aromatic heterocycles. The predicted molar refractivity (Wildman–Crippen MR) is 69.2 cm³/mol. The largest absolute Gasteiger partial charge is 0.334 e. The second-order valence-electron chi connectivity index (χ2n) is 4.76. The molecule has 0 unspecified atom stereocenters. The number of nitrogens with one attached hydrogen (secondary N) is 1. The van der Waals surface area contributed by atoms with Crippen LogP contribution < -0.4 is 5.32 Å². The maximum Gasteiger partial charge on any atom is 0.257 e. The number of likely N-dealkylation sites (N-methyl/N-ethyl adjacent to an activating group) is 1. The van der Waals surface area contributed by atoms with Gasteiger partial charge in [0.2, 0.25) is 0 Å². The Morgan fingerprint density at radius 3 is 2.83 bits per heavy atom. The summed E-state index contributed by atoms with van der Waals surface area (Å²) in [5, 5.41) is 7.49. The molecule has 1 N–H and O–H groups in total. The van der Waals surface area contributed by atoms with Gasteiger partial charge in [0, 0.05) is 17.5 Å². The average Bonchev–Trinajstić information content (AvgIpc) is 3.08. The number of nitrogens with zero attached hydrogens (tertiary/aromatic N) is 2. The summed E-state index contributed by atoms with van der Waals surface area (Å²) in [6.45, 7) is 0. The van der Waals surface area contributed by atoms with Gasteiger partial charge in [0.15, 0.2) is 5.82 Å². The van der Waals surface area contributed by atoms with Crippen LogP contribution in [0.15, 0.2) is 34.9 Å². The molecule has 18 heavy (non-hydrogen) atoms. The molecule has 1 heterocycles. The molecule has 4 nitrogen and oxygen atoms in total. The smallest absolute Gasteiger partial charge is 0.257 e. The molecule has 0 amide bonds. The zero-order chi connectivity index (χ0) is 12.4. The summed E-state index contributed by atoms with van der Waals surface area (Å²) in [6, 6.07) is 10.4. The first kappa shape index (κ1) is 11.4. The molecule has 1 fully saturated rings. The van der Waals surface area contributed by atoms with Crippen molar-refractivity contribution in [2.75, 3.05) is 7.05 Å². The number of rotatable bonds is 3. The molecule has 1 saturated carbocycles. The van der Waals surface area contributed by atoms with Gasteiger partial charge < -0.3 is 9.84 Å². The molecule has 94 valence electrons. The average molecular weight is 243 g/mol. The van der Waals surface area contributed by atoms with Crippen LogP contribution in [0.2, 0.25) is 0 Å². The van der Waals surface area contributed by atoms with Gasteiger partial charge in [-0.05, 0) is 32.0 Å². The maximum absolute atomic E-state index is 5.37. The van der Waals surface area contributed by atoms with Crippen LogP contribution >= 0.6 is 0 Å². The fourth-order valence-corrected chi connectivity index (χ4v) is 2.70. The van der Waals surface area contributed by atoms with Crippen LogP contribution in [0, 0.1) is 0 Å². The van der Waals surface area contributed by atoms with Crippen LogP contribution in [0.5, 0.6) is 0 Å². The lowest BCUT2D eigenvalue weighted by molar-refractivity contribution is 0.406. The molecule has 2 atom stereocenters. The van der Waals surface area contributed by atoms with Gasteiger partial charge in [0.1, 0.15) is 0 Å². The molecule has 4 heteroatoms. The molecule has 1 aliphatic rings. The molecule has 0 bridgehead atoms. The zero-order valence-electron chi connectivity index (χ0n) is 10.5. The minimum absolute atomic E-state index is 0.385. The highest BCUT2D eigenvalue weighted by atomic mass is 16.5. The maximum atomic E-state index is 5.37. The Hall–Kier alpha value is -1.68. The lowest BCUT2D eigenvalue weighted by Gasteiger charge is -2.14. The van der Waals surface area contributed by atoms with Crippen LogP contribution in [-0.2, 0) is 0 Å². The van der Waals surface area contributed by atoms with Gasteiger partial charge in [-0.2, -0.15) is 4.98 Å². The molecule has 0 aliphatic heterocycles. The van der Waals surface area contributed by atoms with Crippen LogP contribution in [0.3, 0.4) is 0 Å². The fraction of sp³-hybridized carbons (Fsp3) is 0.429. The molecule has 2 aromatic rings. The standard InChI is InChI=1S/C14H17N3O/c1-15-12-9-5-8-11(12)13-16-14(18-17-13)10-6-3-2-4-7-10/h2-4,6-7,11-12,15H,5,8-9H2,1H3/t11-,12+/m1/s1. The van der Waals surface area contributed by atoms with E-state index in [2.05, 4.69) is 15.5 Å². The van der Waals surface area contributed by atoms with Gasteiger partial charge in [0.05, 0.1) is 0 Å². The van der Waals surface area contributed by atoms with Gasteiger partial charge in [0.25, 0.3) is 5.89 Å². The minimum Gasteiger partial charge on any atom is -0.334 e. The Morgan fingerprint density at radius 1 is 1.22 bits per heavy atom. The Kier molecular flexibility index (Phi) is 3.11. The highest BCUT2D eigenvalue weighted by Gasteiger charge is 2.31. The van der Waals surface area contributed by atoms with Gasteiger partial charge in [-0.1, -0.05) is 29.8 Å². The van der Waals surface area contributed by atoms with Crippen molar-refractivity contribution in [2.24, 2.45) is 0 Å². The highest BCUT2D eigenvalue weighted by molar-refractivity contribution is 5.52. The highest BCUT2D eigenvalue weighted by Crippen LogP contribution is 2.33. The van der Waals surface area contributed by atoms with E-state index in [9.17, 15) is 0 Å². The molecule has 0 saturated heterocycles. The Labute approximate surface area is 106 Å². The number of hydrogen-bond donors (Lipinski definition) is 1. The summed E-state index contributed by atoms with van der Waals surface area (Å²) in [5.41, 5.74) is 0.982. The van der Waals surface area contributed by atoms with Crippen molar-refractivity contribution in [2.45, 2.75) is 31.2 Å². The fourth-order valence-electron chi connectivity index (χ4n) is 2.70. The Bertz CT molecular complexity index is 509. The van der Waals surface area contributed by atoms with Gasteiger partial charge in [-0.25, -0.2) is 0 Å². The van der Waals surface area contributed by atoms with Crippen LogP contribution in [0.25, 0.3) is 11.5 Å². The van der Waals surface area contributed by atoms with E-state index >= 15 is 0 Å². The lowest BCUT2D eigenvalue weighted by atomic mass is 10.0. The topological polar surface area (TPSA) is 51.0 Å². The second-order valence-corrected chi connectivity index (χ2v) is 4.76. The van der Waals surface area contributed by atoms with E-state index in [1.165, 1.54) is 12.8 Å².